The SMILES string of the molecule is CC(C)(C)OC(=O)N1[C@@H](c2ccccc2)CC[C@H]1C(=O)N1CCC[C@H]1B1OC2C[C@@H]3C[C@@H](C3(C)C)[C@]2(C)O1. The fraction of sp³-hybridized carbons (Fsp3) is 0.733. The van der Waals surface area contributed by atoms with E-state index in [1.807, 2.05) is 56.0 Å². The molecule has 0 radical (unpaired) electrons. The fourth-order valence-electron chi connectivity index (χ4n) is 8.23. The highest BCUT2D eigenvalue weighted by Crippen LogP contribution is 2.66. The van der Waals surface area contributed by atoms with Gasteiger partial charge in [0.25, 0.3) is 0 Å². The Kier molecular flexibility index (Phi) is 6.19. The van der Waals surface area contributed by atoms with Gasteiger partial charge in [-0.2, -0.15) is 0 Å². The third-order valence-corrected chi connectivity index (χ3v) is 10.3. The van der Waals surface area contributed by atoms with Gasteiger partial charge in [0.05, 0.1) is 23.7 Å². The highest BCUT2D eigenvalue weighted by atomic mass is 16.7. The van der Waals surface area contributed by atoms with Crippen molar-refractivity contribution in [2.24, 2.45) is 17.3 Å². The Morgan fingerprint density at radius 3 is 2.47 bits per heavy atom. The molecular formula is C30H43BN2O5. The lowest BCUT2D eigenvalue weighted by Crippen LogP contribution is -2.65. The maximum absolute atomic E-state index is 14.2. The number of benzene rings is 1. The van der Waals surface area contributed by atoms with Crippen molar-refractivity contribution in [3.8, 4) is 0 Å². The van der Waals surface area contributed by atoms with Crippen LogP contribution in [-0.4, -0.2) is 64.8 Å². The molecule has 3 heterocycles. The number of ether oxygens (including phenoxy) is 1. The van der Waals surface area contributed by atoms with Crippen molar-refractivity contribution in [2.45, 2.75) is 115 Å². The number of carbonyl (C=O) groups is 2. The Morgan fingerprint density at radius 1 is 1.05 bits per heavy atom. The summed E-state index contributed by atoms with van der Waals surface area (Å²) in [6, 6.07) is 9.26. The van der Waals surface area contributed by atoms with Crippen LogP contribution in [0.2, 0.25) is 0 Å². The molecule has 206 valence electrons. The molecule has 2 bridgehead atoms. The number of carbonyl (C=O) groups excluding carboxylic acids is 2. The average Bonchev–Trinajstić information content (AvgIpc) is 3.58. The second kappa shape index (κ2) is 8.98. The zero-order valence-corrected chi connectivity index (χ0v) is 23.8. The van der Waals surface area contributed by atoms with Gasteiger partial charge in [-0.05, 0) is 89.0 Å². The van der Waals surface area contributed by atoms with Gasteiger partial charge in [-0.25, -0.2) is 4.79 Å². The lowest BCUT2D eigenvalue weighted by atomic mass is 9.43. The first-order valence-corrected chi connectivity index (χ1v) is 14.6. The van der Waals surface area contributed by atoms with E-state index in [0.717, 1.165) is 31.2 Å². The molecule has 0 aromatic heterocycles. The lowest BCUT2D eigenvalue weighted by molar-refractivity contribution is -0.199. The van der Waals surface area contributed by atoms with Crippen LogP contribution in [0.5, 0.6) is 0 Å². The molecule has 6 aliphatic rings. The minimum absolute atomic E-state index is 0.00589. The summed E-state index contributed by atoms with van der Waals surface area (Å²) in [6.45, 7) is 13.2. The summed E-state index contributed by atoms with van der Waals surface area (Å²) in [4.78, 5) is 31.4. The summed E-state index contributed by atoms with van der Waals surface area (Å²) >= 11 is 0. The Bertz CT molecular complexity index is 1090. The summed E-state index contributed by atoms with van der Waals surface area (Å²) in [5.74, 6) is 1.04. The molecule has 38 heavy (non-hydrogen) atoms. The Labute approximate surface area is 227 Å². The highest BCUT2D eigenvalue weighted by Gasteiger charge is 2.69. The number of nitrogens with zero attached hydrogens (tertiary/aromatic N) is 2. The van der Waals surface area contributed by atoms with Crippen molar-refractivity contribution < 1.29 is 23.6 Å². The maximum atomic E-state index is 14.2. The molecule has 3 aliphatic carbocycles. The molecule has 3 saturated heterocycles. The van der Waals surface area contributed by atoms with Crippen molar-refractivity contribution in [2.75, 3.05) is 6.54 Å². The van der Waals surface area contributed by atoms with Crippen molar-refractivity contribution >= 4 is 19.1 Å². The van der Waals surface area contributed by atoms with Gasteiger partial charge < -0.3 is 18.9 Å². The zero-order valence-electron chi connectivity index (χ0n) is 23.8. The van der Waals surface area contributed by atoms with Gasteiger partial charge in [0, 0.05) is 6.54 Å². The largest absolute Gasteiger partial charge is 0.481 e. The molecule has 3 aliphatic heterocycles. The smallest absolute Gasteiger partial charge is 0.444 e. The van der Waals surface area contributed by atoms with E-state index in [2.05, 4.69) is 20.8 Å². The molecule has 0 spiro atoms. The Morgan fingerprint density at radius 2 is 1.79 bits per heavy atom. The van der Waals surface area contributed by atoms with Crippen LogP contribution in [-0.2, 0) is 18.8 Å². The number of hydrogen-bond acceptors (Lipinski definition) is 5. The van der Waals surface area contributed by atoms with E-state index in [1.165, 1.54) is 6.42 Å². The summed E-state index contributed by atoms with van der Waals surface area (Å²) in [5.41, 5.74) is 0.372. The summed E-state index contributed by atoms with van der Waals surface area (Å²) in [7, 11) is -0.409. The minimum atomic E-state index is -0.642. The van der Waals surface area contributed by atoms with Crippen LogP contribution < -0.4 is 0 Å². The standard InChI is InChI=1S/C30H43BN2O5/c1-28(2,3)36-27(35)33-21(19-11-8-7-9-12-19)14-15-22(33)26(34)32-16-10-13-25(32)31-37-24-18-20-17-23(29(20,4)5)30(24,6)38-31/h7-9,11-12,20-25H,10,13-18H2,1-6H3/t20-,21+,22-,23-,24?,25-,30-/m0/s1. The molecule has 1 aromatic carbocycles. The number of amides is 2. The van der Waals surface area contributed by atoms with Crippen molar-refractivity contribution in [1.82, 2.24) is 9.80 Å². The first kappa shape index (κ1) is 26.2. The summed E-state index contributed by atoms with van der Waals surface area (Å²) in [5, 5.41) is 0. The fourth-order valence-corrected chi connectivity index (χ4v) is 8.23. The maximum Gasteiger partial charge on any atom is 0.481 e. The Balaban J connectivity index is 1.23. The first-order valence-electron chi connectivity index (χ1n) is 14.6. The minimum Gasteiger partial charge on any atom is -0.444 e. The molecule has 7 nitrogen and oxygen atoms in total. The van der Waals surface area contributed by atoms with Crippen molar-refractivity contribution in [3.63, 3.8) is 0 Å². The second-order valence-electron chi connectivity index (χ2n) is 14.0. The molecule has 1 unspecified atom stereocenters. The van der Waals surface area contributed by atoms with E-state index >= 15 is 0 Å². The van der Waals surface area contributed by atoms with Crippen LogP contribution in [0.15, 0.2) is 30.3 Å². The zero-order chi connectivity index (χ0) is 27.0. The predicted octanol–water partition coefficient (Wildman–Crippen LogP) is 5.39. The number of hydrogen-bond donors (Lipinski definition) is 0. The van der Waals surface area contributed by atoms with Gasteiger partial charge >= 0.3 is 13.2 Å². The molecular weight excluding hydrogens is 479 g/mol. The van der Waals surface area contributed by atoms with E-state index < -0.39 is 24.9 Å². The van der Waals surface area contributed by atoms with Crippen molar-refractivity contribution in [1.29, 1.82) is 0 Å². The molecule has 0 N–H and O–H groups in total. The van der Waals surface area contributed by atoms with Gasteiger partial charge in [-0.3, -0.25) is 9.69 Å². The first-order chi connectivity index (χ1) is 17.9. The second-order valence-corrected chi connectivity index (χ2v) is 14.0. The van der Waals surface area contributed by atoms with Gasteiger partial charge in [0.15, 0.2) is 0 Å². The van der Waals surface area contributed by atoms with Crippen LogP contribution in [0, 0.1) is 17.3 Å². The monoisotopic (exact) mass is 522 g/mol. The van der Waals surface area contributed by atoms with Crippen LogP contribution in [0.3, 0.4) is 0 Å². The molecule has 1 aromatic rings. The molecule has 3 saturated carbocycles. The number of likely N-dealkylation sites (tertiary alicyclic amines) is 2. The van der Waals surface area contributed by atoms with Crippen LogP contribution in [0.4, 0.5) is 4.79 Å². The van der Waals surface area contributed by atoms with Gasteiger partial charge in [-0.1, -0.05) is 44.2 Å². The van der Waals surface area contributed by atoms with E-state index in [-0.39, 0.29) is 35.0 Å². The quantitative estimate of drug-likeness (QED) is 0.499. The van der Waals surface area contributed by atoms with E-state index in [4.69, 9.17) is 14.0 Å². The van der Waals surface area contributed by atoms with E-state index in [9.17, 15) is 9.59 Å². The molecule has 8 heteroatoms. The number of rotatable bonds is 3. The van der Waals surface area contributed by atoms with E-state index in [1.54, 1.807) is 4.90 Å². The van der Waals surface area contributed by atoms with Gasteiger partial charge in [0.2, 0.25) is 5.91 Å². The van der Waals surface area contributed by atoms with E-state index in [0.29, 0.717) is 24.8 Å². The molecule has 2 amide bonds. The third-order valence-electron chi connectivity index (χ3n) is 10.3. The van der Waals surface area contributed by atoms with Crippen LogP contribution in [0.1, 0.15) is 91.7 Å². The summed E-state index contributed by atoms with van der Waals surface area (Å²) < 4.78 is 19.2. The normalized spacial score (nSPS) is 37.7. The van der Waals surface area contributed by atoms with Crippen LogP contribution in [0.25, 0.3) is 0 Å². The average molecular weight is 522 g/mol. The van der Waals surface area contributed by atoms with Crippen molar-refractivity contribution in [3.05, 3.63) is 35.9 Å². The third kappa shape index (κ3) is 4.09. The van der Waals surface area contributed by atoms with Gasteiger partial charge in [0.1, 0.15) is 11.6 Å². The molecule has 6 fully saturated rings. The van der Waals surface area contributed by atoms with Gasteiger partial charge in [-0.15, -0.1) is 0 Å². The summed E-state index contributed by atoms with van der Waals surface area (Å²) in [6.07, 6.45) is 5.03. The Hall–Kier alpha value is -2.06. The molecule has 7 atom stereocenters. The van der Waals surface area contributed by atoms with Crippen LogP contribution >= 0.6 is 0 Å². The topological polar surface area (TPSA) is 68.3 Å². The molecule has 7 rings (SSSR count). The highest BCUT2D eigenvalue weighted by molar-refractivity contribution is 6.48. The predicted molar refractivity (Wildman–Crippen MR) is 145 cm³/mol. The lowest BCUT2D eigenvalue weighted by Gasteiger charge is -2.64.